The molecule has 0 saturated carbocycles. The summed E-state index contributed by atoms with van der Waals surface area (Å²) in [5.41, 5.74) is 1.34. The molecule has 1 aromatic carbocycles. The number of hydrogen-bond donors (Lipinski definition) is 2. The Kier molecular flexibility index (Phi) is 10.2. The van der Waals surface area contributed by atoms with E-state index >= 15 is 0 Å². The molecule has 1 atom stereocenters. The largest absolute Gasteiger partial charge is 0.363 e. The number of likely N-dealkylation sites (N-methyl/N-ethyl adjacent to an activating group) is 1. The van der Waals surface area contributed by atoms with E-state index in [-0.39, 0.29) is 24.0 Å². The second-order valence-corrected chi connectivity index (χ2v) is 8.49. The number of benzene rings is 1. The topological polar surface area (TPSA) is 42.9 Å². The van der Waals surface area contributed by atoms with Crippen molar-refractivity contribution in [3.8, 4) is 0 Å². The van der Waals surface area contributed by atoms with Crippen molar-refractivity contribution in [2.24, 2.45) is 4.99 Å². The molecule has 2 heterocycles. The monoisotopic (exact) mass is 527 g/mol. The lowest BCUT2D eigenvalue weighted by Gasteiger charge is -2.34. The van der Waals surface area contributed by atoms with Gasteiger partial charge in [0.25, 0.3) is 0 Å². The number of anilines is 1. The number of hydrogen-bond acceptors (Lipinski definition) is 4. The first-order chi connectivity index (χ1) is 13.7. The van der Waals surface area contributed by atoms with Crippen LogP contribution in [-0.2, 0) is 6.54 Å². The number of guanidine groups is 1. The van der Waals surface area contributed by atoms with E-state index in [4.69, 9.17) is 0 Å². The van der Waals surface area contributed by atoms with Crippen LogP contribution in [0.4, 0.5) is 5.00 Å². The number of nitrogens with one attached hydrogen (secondary N) is 2. The summed E-state index contributed by atoms with van der Waals surface area (Å²) >= 11 is 1.83. The van der Waals surface area contributed by atoms with Gasteiger partial charge in [0, 0.05) is 45.3 Å². The molecule has 1 fully saturated rings. The average molecular weight is 528 g/mol. The van der Waals surface area contributed by atoms with E-state index in [1.807, 2.05) is 18.4 Å². The molecule has 1 aliphatic rings. The van der Waals surface area contributed by atoms with Gasteiger partial charge < -0.3 is 15.5 Å². The van der Waals surface area contributed by atoms with Crippen molar-refractivity contribution in [3.63, 3.8) is 0 Å². The maximum Gasteiger partial charge on any atom is 0.191 e. The molecule has 29 heavy (non-hydrogen) atoms. The molecule has 5 nitrogen and oxygen atoms in total. The Balaban J connectivity index is 0.00000300. The van der Waals surface area contributed by atoms with Crippen LogP contribution in [0.15, 0.2) is 52.8 Å². The first-order valence-corrected chi connectivity index (χ1v) is 11.0. The van der Waals surface area contributed by atoms with Gasteiger partial charge in [-0.05, 0) is 49.9 Å². The van der Waals surface area contributed by atoms with Crippen LogP contribution in [0.1, 0.15) is 25.3 Å². The van der Waals surface area contributed by atoms with Gasteiger partial charge in [-0.3, -0.25) is 9.89 Å². The third-order valence-electron chi connectivity index (χ3n) is 5.47. The average Bonchev–Trinajstić information content (AvgIpc) is 3.27. The maximum atomic E-state index is 4.43. The van der Waals surface area contributed by atoms with E-state index in [0.29, 0.717) is 12.1 Å². The summed E-state index contributed by atoms with van der Waals surface area (Å²) in [6, 6.07) is 15.9. The number of nitrogens with zero attached hydrogens (tertiary/aromatic N) is 3. The van der Waals surface area contributed by atoms with Crippen molar-refractivity contribution in [1.82, 2.24) is 15.5 Å². The Bertz CT molecular complexity index is 714. The molecule has 0 amide bonds. The first-order valence-electron chi connectivity index (χ1n) is 10.2. The van der Waals surface area contributed by atoms with E-state index in [1.54, 1.807) is 0 Å². The van der Waals surface area contributed by atoms with E-state index in [1.165, 1.54) is 10.6 Å². The van der Waals surface area contributed by atoms with Crippen LogP contribution in [0, 0.1) is 0 Å². The molecule has 3 rings (SSSR count). The zero-order valence-electron chi connectivity index (χ0n) is 17.7. The molecule has 2 aromatic rings. The predicted octanol–water partition coefficient (Wildman–Crippen LogP) is 4.02. The highest BCUT2D eigenvalue weighted by atomic mass is 127. The molecule has 0 spiro atoms. The Morgan fingerprint density at radius 2 is 1.93 bits per heavy atom. The molecular weight excluding hydrogens is 493 g/mol. The molecule has 0 aliphatic carbocycles. The van der Waals surface area contributed by atoms with E-state index < -0.39 is 0 Å². The summed E-state index contributed by atoms with van der Waals surface area (Å²) in [5.74, 6) is 0.912. The fourth-order valence-corrected chi connectivity index (χ4v) is 4.29. The second-order valence-electron chi connectivity index (χ2n) is 7.56. The summed E-state index contributed by atoms with van der Waals surface area (Å²) in [6.07, 6.45) is 2.28. The maximum absolute atomic E-state index is 4.43. The van der Waals surface area contributed by atoms with Crippen LogP contribution >= 0.6 is 35.3 Å². The molecule has 160 valence electrons. The Morgan fingerprint density at radius 3 is 2.55 bits per heavy atom. The summed E-state index contributed by atoms with van der Waals surface area (Å²) in [4.78, 5) is 9.29. The standard InChI is InChI=1S/C22H33N5S.HI/c1-18(26(3)17-19-8-5-4-6-9-19)16-24-22(23-2)25-20-11-13-27(14-12-20)21-10-7-15-28-21;/h4-10,15,18,20H,11-14,16-17H2,1-3H3,(H2,23,24,25);1H. The molecule has 1 aliphatic heterocycles. The van der Waals surface area contributed by atoms with Gasteiger partial charge in [-0.15, -0.1) is 35.3 Å². The molecular formula is C22H34IN5S. The lowest BCUT2D eigenvalue weighted by molar-refractivity contribution is 0.249. The lowest BCUT2D eigenvalue weighted by atomic mass is 10.1. The van der Waals surface area contributed by atoms with Crippen molar-refractivity contribution in [3.05, 3.63) is 53.4 Å². The zero-order valence-corrected chi connectivity index (χ0v) is 20.8. The van der Waals surface area contributed by atoms with Crippen molar-refractivity contribution in [2.75, 3.05) is 38.6 Å². The van der Waals surface area contributed by atoms with Crippen molar-refractivity contribution < 1.29 is 0 Å². The summed E-state index contributed by atoms with van der Waals surface area (Å²) < 4.78 is 0. The van der Waals surface area contributed by atoms with Gasteiger partial charge in [-0.2, -0.15) is 0 Å². The Labute approximate surface area is 196 Å². The van der Waals surface area contributed by atoms with E-state index in [9.17, 15) is 0 Å². The lowest BCUT2D eigenvalue weighted by Crippen LogP contribution is -2.50. The fraction of sp³-hybridized carbons (Fsp3) is 0.500. The highest BCUT2D eigenvalue weighted by molar-refractivity contribution is 14.0. The summed E-state index contributed by atoms with van der Waals surface area (Å²) in [7, 11) is 4.03. The quantitative estimate of drug-likeness (QED) is 0.325. The van der Waals surface area contributed by atoms with Gasteiger partial charge in [0.15, 0.2) is 5.96 Å². The van der Waals surface area contributed by atoms with Gasteiger partial charge in [0.2, 0.25) is 0 Å². The Hall–Kier alpha value is -1.32. The summed E-state index contributed by atoms with van der Waals surface area (Å²) in [5, 5.41) is 10.7. The smallest absolute Gasteiger partial charge is 0.191 e. The van der Waals surface area contributed by atoms with Gasteiger partial charge >= 0.3 is 0 Å². The van der Waals surface area contributed by atoms with Crippen LogP contribution in [0.5, 0.6) is 0 Å². The number of aliphatic imine (C=N–C) groups is 1. The van der Waals surface area contributed by atoms with E-state index in [0.717, 1.165) is 45.0 Å². The molecule has 1 unspecified atom stereocenters. The minimum atomic E-state index is 0. The van der Waals surface area contributed by atoms with Crippen LogP contribution < -0.4 is 15.5 Å². The predicted molar refractivity (Wildman–Crippen MR) is 137 cm³/mol. The zero-order chi connectivity index (χ0) is 19.8. The molecule has 7 heteroatoms. The van der Waals surface area contributed by atoms with Crippen LogP contribution in [0.2, 0.25) is 0 Å². The molecule has 0 bridgehead atoms. The van der Waals surface area contributed by atoms with E-state index in [2.05, 4.69) is 87.2 Å². The van der Waals surface area contributed by atoms with Crippen molar-refractivity contribution >= 4 is 46.3 Å². The first kappa shape index (κ1) is 24.0. The number of rotatable bonds is 7. The third-order valence-corrected chi connectivity index (χ3v) is 6.40. The molecule has 1 aromatic heterocycles. The third kappa shape index (κ3) is 7.46. The van der Waals surface area contributed by atoms with Crippen LogP contribution in [0.3, 0.4) is 0 Å². The minimum absolute atomic E-state index is 0. The number of piperidine rings is 1. The van der Waals surface area contributed by atoms with Crippen LogP contribution in [0.25, 0.3) is 0 Å². The van der Waals surface area contributed by atoms with Crippen LogP contribution in [-0.4, -0.2) is 56.7 Å². The molecule has 0 radical (unpaired) electrons. The molecule has 2 N–H and O–H groups in total. The summed E-state index contributed by atoms with van der Waals surface area (Å²) in [6.45, 7) is 6.29. The highest BCUT2D eigenvalue weighted by Gasteiger charge is 2.21. The van der Waals surface area contributed by atoms with Gasteiger partial charge in [0.1, 0.15) is 0 Å². The SMILES string of the molecule is CN=C(NCC(C)N(C)Cc1ccccc1)NC1CCN(c2cccs2)CC1.I. The molecule has 1 saturated heterocycles. The second kappa shape index (κ2) is 12.4. The highest BCUT2D eigenvalue weighted by Crippen LogP contribution is 2.24. The number of halogens is 1. The normalized spacial score (nSPS) is 16.4. The van der Waals surface area contributed by atoms with Crippen molar-refractivity contribution in [1.29, 1.82) is 0 Å². The van der Waals surface area contributed by atoms with Gasteiger partial charge in [-0.25, -0.2) is 0 Å². The minimum Gasteiger partial charge on any atom is -0.363 e. The Morgan fingerprint density at radius 1 is 1.21 bits per heavy atom. The van der Waals surface area contributed by atoms with Gasteiger partial charge in [0.05, 0.1) is 5.00 Å². The van der Waals surface area contributed by atoms with Crippen molar-refractivity contribution in [2.45, 2.75) is 38.4 Å². The number of thiophene rings is 1. The van der Waals surface area contributed by atoms with Gasteiger partial charge in [-0.1, -0.05) is 30.3 Å². The fourth-order valence-electron chi connectivity index (χ4n) is 3.51.